The summed E-state index contributed by atoms with van der Waals surface area (Å²) in [5.74, 6) is 1.92. The zero-order valence-electron chi connectivity index (χ0n) is 12.9. The summed E-state index contributed by atoms with van der Waals surface area (Å²) in [6.45, 7) is 3.51. The molecule has 1 aromatic carbocycles. The van der Waals surface area contributed by atoms with Crippen molar-refractivity contribution in [1.82, 2.24) is 15.0 Å². The number of pyridine rings is 1. The fraction of sp³-hybridized carbons (Fsp3) is 0.235. The Morgan fingerprint density at radius 1 is 0.792 bits per heavy atom. The Hall–Kier alpha value is -2.11. The van der Waals surface area contributed by atoms with Crippen LogP contribution in [0, 0.1) is 0 Å². The number of benzene rings is 1. The minimum atomic E-state index is 0.656. The molecule has 2 aromatic heterocycles. The molecule has 0 saturated carbocycles. The Balaban J connectivity index is 1.55. The molecule has 0 spiro atoms. The zero-order valence-corrected chi connectivity index (χ0v) is 14.4. The molecule has 0 unspecified atom stereocenters. The highest BCUT2D eigenvalue weighted by Gasteiger charge is 2.20. The van der Waals surface area contributed by atoms with Gasteiger partial charge >= 0.3 is 0 Å². The van der Waals surface area contributed by atoms with E-state index in [2.05, 4.69) is 24.8 Å². The molecular formula is C17H15Cl2N5. The second-order valence-corrected chi connectivity index (χ2v) is 6.54. The van der Waals surface area contributed by atoms with Gasteiger partial charge in [0.2, 0.25) is 0 Å². The number of fused-ring (bicyclic) bond motifs is 1. The van der Waals surface area contributed by atoms with Crippen molar-refractivity contribution < 1.29 is 0 Å². The summed E-state index contributed by atoms with van der Waals surface area (Å²) in [5.41, 5.74) is 0.870. The molecule has 1 saturated heterocycles. The molecule has 3 aromatic rings. The predicted molar refractivity (Wildman–Crippen MR) is 98.2 cm³/mol. The van der Waals surface area contributed by atoms with E-state index in [4.69, 9.17) is 23.2 Å². The second kappa shape index (κ2) is 6.42. The van der Waals surface area contributed by atoms with Gasteiger partial charge in [-0.25, -0.2) is 15.0 Å². The summed E-state index contributed by atoms with van der Waals surface area (Å²) >= 11 is 12.0. The number of piperazine rings is 1. The molecule has 0 radical (unpaired) electrons. The van der Waals surface area contributed by atoms with Crippen molar-refractivity contribution in [3.8, 4) is 0 Å². The third-order valence-electron chi connectivity index (χ3n) is 4.19. The van der Waals surface area contributed by atoms with E-state index < -0.39 is 0 Å². The van der Waals surface area contributed by atoms with E-state index in [1.165, 1.54) is 0 Å². The van der Waals surface area contributed by atoms with Gasteiger partial charge < -0.3 is 9.80 Å². The largest absolute Gasteiger partial charge is 0.353 e. The van der Waals surface area contributed by atoms with Crippen LogP contribution in [0.4, 0.5) is 11.6 Å². The van der Waals surface area contributed by atoms with Gasteiger partial charge in [0, 0.05) is 42.8 Å². The molecule has 1 aliphatic heterocycles. The van der Waals surface area contributed by atoms with Crippen molar-refractivity contribution in [2.75, 3.05) is 36.0 Å². The van der Waals surface area contributed by atoms with Gasteiger partial charge in [0.1, 0.15) is 18.0 Å². The number of aromatic nitrogens is 3. The SMILES string of the molecule is Clc1ccc(N2CCN(c3ncnc4cc(Cl)ccc34)CC2)nc1. The lowest BCUT2D eigenvalue weighted by Gasteiger charge is -2.36. The van der Waals surface area contributed by atoms with Gasteiger partial charge in [-0.2, -0.15) is 0 Å². The van der Waals surface area contributed by atoms with Gasteiger partial charge in [-0.05, 0) is 30.3 Å². The highest BCUT2D eigenvalue weighted by atomic mass is 35.5. The third kappa shape index (κ3) is 2.97. The molecule has 24 heavy (non-hydrogen) atoms. The van der Waals surface area contributed by atoms with Gasteiger partial charge in [-0.3, -0.25) is 0 Å². The van der Waals surface area contributed by atoms with Crippen LogP contribution in [0.2, 0.25) is 10.0 Å². The van der Waals surface area contributed by atoms with Crippen LogP contribution in [0.3, 0.4) is 0 Å². The van der Waals surface area contributed by atoms with E-state index in [-0.39, 0.29) is 0 Å². The second-order valence-electron chi connectivity index (χ2n) is 5.67. The predicted octanol–water partition coefficient (Wildman–Crippen LogP) is 3.66. The van der Waals surface area contributed by atoms with Crippen LogP contribution >= 0.6 is 23.2 Å². The highest BCUT2D eigenvalue weighted by molar-refractivity contribution is 6.31. The van der Waals surface area contributed by atoms with Gasteiger partial charge in [0.05, 0.1) is 10.5 Å². The Kier molecular flexibility index (Phi) is 4.12. The van der Waals surface area contributed by atoms with Crippen LogP contribution in [0.25, 0.3) is 10.9 Å². The highest BCUT2D eigenvalue weighted by Crippen LogP contribution is 2.26. The summed E-state index contributed by atoms with van der Waals surface area (Å²) < 4.78 is 0. The van der Waals surface area contributed by atoms with Crippen molar-refractivity contribution in [1.29, 1.82) is 0 Å². The molecular weight excluding hydrogens is 345 g/mol. The van der Waals surface area contributed by atoms with E-state index in [9.17, 15) is 0 Å². The molecule has 1 fully saturated rings. The summed E-state index contributed by atoms with van der Waals surface area (Å²) in [5, 5.41) is 2.37. The molecule has 3 heterocycles. The minimum absolute atomic E-state index is 0.656. The fourth-order valence-corrected chi connectivity index (χ4v) is 3.25. The van der Waals surface area contributed by atoms with E-state index in [0.717, 1.165) is 48.7 Å². The molecule has 0 bridgehead atoms. The van der Waals surface area contributed by atoms with Crippen LogP contribution in [0.5, 0.6) is 0 Å². The Morgan fingerprint density at radius 3 is 2.29 bits per heavy atom. The van der Waals surface area contributed by atoms with E-state index in [1.807, 2.05) is 30.3 Å². The number of hydrogen-bond acceptors (Lipinski definition) is 5. The normalized spacial score (nSPS) is 15.1. The standard InChI is InChI=1S/C17H15Cl2N5/c18-12-1-3-14-15(9-12)21-11-22-17(14)24-7-5-23(6-8-24)16-4-2-13(19)10-20-16/h1-4,9-11H,5-8H2. The average Bonchev–Trinajstić information content (AvgIpc) is 2.62. The van der Waals surface area contributed by atoms with Gasteiger partial charge in [-0.15, -0.1) is 0 Å². The van der Waals surface area contributed by atoms with Crippen LogP contribution in [0.1, 0.15) is 0 Å². The molecule has 0 atom stereocenters. The van der Waals surface area contributed by atoms with Crippen LogP contribution in [0.15, 0.2) is 42.9 Å². The number of hydrogen-bond donors (Lipinski definition) is 0. The van der Waals surface area contributed by atoms with Crippen LogP contribution in [-0.4, -0.2) is 41.1 Å². The summed E-state index contributed by atoms with van der Waals surface area (Å²) in [6.07, 6.45) is 3.28. The first-order valence-electron chi connectivity index (χ1n) is 7.72. The van der Waals surface area contributed by atoms with Crippen molar-refractivity contribution in [3.05, 3.63) is 52.9 Å². The molecule has 5 nitrogen and oxygen atoms in total. The Labute approximate surface area is 149 Å². The number of halogens is 2. The summed E-state index contributed by atoms with van der Waals surface area (Å²) in [6, 6.07) is 9.57. The summed E-state index contributed by atoms with van der Waals surface area (Å²) in [7, 11) is 0. The molecule has 0 amide bonds. The van der Waals surface area contributed by atoms with Gasteiger partial charge in [0.25, 0.3) is 0 Å². The van der Waals surface area contributed by atoms with Crippen molar-refractivity contribution in [3.63, 3.8) is 0 Å². The average molecular weight is 360 g/mol. The van der Waals surface area contributed by atoms with Crippen LogP contribution < -0.4 is 9.80 Å². The first-order chi connectivity index (χ1) is 11.7. The molecule has 0 aliphatic carbocycles. The quantitative estimate of drug-likeness (QED) is 0.698. The number of rotatable bonds is 2. The Bertz CT molecular complexity index is 860. The maximum Gasteiger partial charge on any atom is 0.140 e. The topological polar surface area (TPSA) is 45.2 Å². The molecule has 0 N–H and O–H groups in total. The van der Waals surface area contributed by atoms with Gasteiger partial charge in [0.15, 0.2) is 0 Å². The monoisotopic (exact) mass is 359 g/mol. The van der Waals surface area contributed by atoms with Gasteiger partial charge in [-0.1, -0.05) is 23.2 Å². The fourth-order valence-electron chi connectivity index (χ4n) is 2.97. The van der Waals surface area contributed by atoms with E-state index in [1.54, 1.807) is 12.5 Å². The summed E-state index contributed by atoms with van der Waals surface area (Å²) in [4.78, 5) is 17.7. The maximum atomic E-state index is 6.06. The van der Waals surface area contributed by atoms with E-state index in [0.29, 0.717) is 10.0 Å². The van der Waals surface area contributed by atoms with Crippen LogP contribution in [-0.2, 0) is 0 Å². The Morgan fingerprint density at radius 2 is 1.54 bits per heavy atom. The lowest BCUT2D eigenvalue weighted by atomic mass is 10.2. The smallest absolute Gasteiger partial charge is 0.140 e. The van der Waals surface area contributed by atoms with E-state index >= 15 is 0 Å². The first kappa shape index (κ1) is 15.4. The number of nitrogens with zero attached hydrogens (tertiary/aromatic N) is 5. The molecule has 7 heteroatoms. The third-order valence-corrected chi connectivity index (χ3v) is 4.65. The van der Waals surface area contributed by atoms with Crippen molar-refractivity contribution in [2.24, 2.45) is 0 Å². The first-order valence-corrected chi connectivity index (χ1v) is 8.48. The zero-order chi connectivity index (χ0) is 16.5. The lowest BCUT2D eigenvalue weighted by molar-refractivity contribution is 0.643. The van der Waals surface area contributed by atoms with Crippen molar-refractivity contribution >= 4 is 45.7 Å². The molecule has 4 rings (SSSR count). The minimum Gasteiger partial charge on any atom is -0.353 e. The van der Waals surface area contributed by atoms with Crippen molar-refractivity contribution in [2.45, 2.75) is 0 Å². The molecule has 122 valence electrons. The molecule has 1 aliphatic rings. The number of anilines is 2. The maximum absolute atomic E-state index is 6.06. The lowest BCUT2D eigenvalue weighted by Crippen LogP contribution is -2.47.